The zero-order valence-corrected chi connectivity index (χ0v) is 13.8. The van der Waals surface area contributed by atoms with Crippen LogP contribution in [0.3, 0.4) is 0 Å². The van der Waals surface area contributed by atoms with E-state index in [-0.39, 0.29) is 17.7 Å². The Labute approximate surface area is 132 Å². The minimum Gasteiger partial charge on any atom is -0.344 e. The third kappa shape index (κ3) is 7.22. The second-order valence-corrected chi connectivity index (χ2v) is 6.76. The van der Waals surface area contributed by atoms with E-state index in [4.69, 9.17) is 6.42 Å². The number of benzene rings is 1. The molecule has 1 unspecified atom stereocenters. The third-order valence-corrected chi connectivity index (χ3v) is 3.96. The van der Waals surface area contributed by atoms with Crippen LogP contribution in [0.15, 0.2) is 29.2 Å². The summed E-state index contributed by atoms with van der Waals surface area (Å²) in [6.07, 6.45) is 5.13. The van der Waals surface area contributed by atoms with Crippen molar-refractivity contribution in [3.63, 3.8) is 0 Å². The minimum absolute atomic E-state index is 0.0272. The van der Waals surface area contributed by atoms with E-state index < -0.39 is 0 Å². The van der Waals surface area contributed by atoms with Crippen LogP contribution in [-0.2, 0) is 11.3 Å². The lowest BCUT2D eigenvalue weighted by atomic mass is 10.2. The summed E-state index contributed by atoms with van der Waals surface area (Å²) in [7, 11) is 0. The van der Waals surface area contributed by atoms with Crippen molar-refractivity contribution in [3.8, 4) is 12.3 Å². The standard InChI is InChI=1S/C17H24N2OS/c1-5-10-19-17(20)14(4)21-16-8-6-15(7-9-16)12-18-11-13(2)3/h1,6-9,13-14,18H,10-12H2,2-4H3,(H,19,20). The lowest BCUT2D eigenvalue weighted by Gasteiger charge is -2.11. The average molecular weight is 304 g/mol. The predicted octanol–water partition coefficient (Wildman–Crippen LogP) is 2.66. The van der Waals surface area contributed by atoms with Gasteiger partial charge in [0.25, 0.3) is 0 Å². The molecule has 1 rings (SSSR count). The number of thioether (sulfide) groups is 1. The normalized spacial score (nSPS) is 12.0. The van der Waals surface area contributed by atoms with Gasteiger partial charge in [-0.2, -0.15) is 0 Å². The van der Waals surface area contributed by atoms with Gasteiger partial charge in [0.2, 0.25) is 5.91 Å². The zero-order chi connectivity index (χ0) is 15.7. The molecule has 0 aliphatic carbocycles. The first kappa shape index (κ1) is 17.6. The molecular weight excluding hydrogens is 280 g/mol. The van der Waals surface area contributed by atoms with E-state index in [1.807, 2.05) is 6.92 Å². The molecule has 1 aromatic rings. The van der Waals surface area contributed by atoms with Crippen LogP contribution in [0.25, 0.3) is 0 Å². The van der Waals surface area contributed by atoms with Gasteiger partial charge in [0.1, 0.15) is 0 Å². The van der Waals surface area contributed by atoms with Gasteiger partial charge in [0, 0.05) is 11.4 Å². The molecule has 2 N–H and O–H groups in total. The largest absolute Gasteiger partial charge is 0.344 e. The number of carbonyl (C=O) groups excluding carboxylic acids is 1. The van der Waals surface area contributed by atoms with Gasteiger partial charge in [-0.05, 0) is 37.1 Å². The third-order valence-electron chi connectivity index (χ3n) is 2.85. The summed E-state index contributed by atoms with van der Waals surface area (Å²) < 4.78 is 0. The van der Waals surface area contributed by atoms with Gasteiger partial charge in [-0.3, -0.25) is 4.79 Å². The van der Waals surface area contributed by atoms with E-state index in [9.17, 15) is 4.79 Å². The minimum atomic E-state index is -0.150. The fourth-order valence-corrected chi connectivity index (χ4v) is 2.62. The summed E-state index contributed by atoms with van der Waals surface area (Å²) in [4.78, 5) is 12.8. The lowest BCUT2D eigenvalue weighted by Crippen LogP contribution is -2.31. The number of hydrogen-bond donors (Lipinski definition) is 2. The molecule has 1 amide bonds. The fraction of sp³-hybridized carbons (Fsp3) is 0.471. The van der Waals surface area contributed by atoms with Crippen molar-refractivity contribution in [2.24, 2.45) is 5.92 Å². The van der Waals surface area contributed by atoms with Gasteiger partial charge in [0.15, 0.2) is 0 Å². The van der Waals surface area contributed by atoms with E-state index in [1.165, 1.54) is 17.3 Å². The smallest absolute Gasteiger partial charge is 0.233 e. The average Bonchev–Trinajstić information content (AvgIpc) is 2.46. The van der Waals surface area contributed by atoms with Crippen molar-refractivity contribution < 1.29 is 4.79 Å². The maximum atomic E-state index is 11.7. The molecule has 4 heteroatoms. The van der Waals surface area contributed by atoms with E-state index in [0.29, 0.717) is 5.92 Å². The zero-order valence-electron chi connectivity index (χ0n) is 13.0. The molecule has 0 saturated carbocycles. The van der Waals surface area contributed by atoms with Crippen LogP contribution in [0, 0.1) is 18.3 Å². The summed E-state index contributed by atoms with van der Waals surface area (Å²) >= 11 is 1.54. The number of hydrogen-bond acceptors (Lipinski definition) is 3. The Kier molecular flexibility index (Phi) is 7.96. The van der Waals surface area contributed by atoms with Gasteiger partial charge in [-0.15, -0.1) is 18.2 Å². The second kappa shape index (κ2) is 9.49. The van der Waals surface area contributed by atoms with Gasteiger partial charge in [-0.1, -0.05) is 31.9 Å². The Morgan fingerprint density at radius 1 is 1.29 bits per heavy atom. The van der Waals surface area contributed by atoms with E-state index in [2.05, 4.69) is 54.7 Å². The molecule has 0 aliphatic heterocycles. The highest BCUT2D eigenvalue weighted by Gasteiger charge is 2.13. The fourth-order valence-electron chi connectivity index (χ4n) is 1.73. The van der Waals surface area contributed by atoms with Crippen molar-refractivity contribution in [1.82, 2.24) is 10.6 Å². The first-order valence-corrected chi connectivity index (χ1v) is 8.08. The summed E-state index contributed by atoms with van der Waals surface area (Å²) in [6, 6.07) is 8.31. The van der Waals surface area contributed by atoms with Crippen LogP contribution < -0.4 is 10.6 Å². The molecule has 0 bridgehead atoms. The molecule has 0 aromatic heterocycles. The molecule has 0 aliphatic rings. The van der Waals surface area contributed by atoms with Gasteiger partial charge in [0.05, 0.1) is 11.8 Å². The topological polar surface area (TPSA) is 41.1 Å². The van der Waals surface area contributed by atoms with Gasteiger partial charge in [-0.25, -0.2) is 0 Å². The number of nitrogens with one attached hydrogen (secondary N) is 2. The Morgan fingerprint density at radius 2 is 1.95 bits per heavy atom. The first-order valence-electron chi connectivity index (χ1n) is 7.20. The van der Waals surface area contributed by atoms with Crippen molar-refractivity contribution in [2.75, 3.05) is 13.1 Å². The molecule has 0 fully saturated rings. The van der Waals surface area contributed by atoms with E-state index in [0.717, 1.165) is 18.0 Å². The second-order valence-electron chi connectivity index (χ2n) is 5.35. The maximum Gasteiger partial charge on any atom is 0.233 e. The Bertz CT molecular complexity index is 477. The monoisotopic (exact) mass is 304 g/mol. The van der Waals surface area contributed by atoms with Crippen molar-refractivity contribution in [3.05, 3.63) is 29.8 Å². The predicted molar refractivity (Wildman–Crippen MR) is 90.1 cm³/mol. The Morgan fingerprint density at radius 3 is 2.52 bits per heavy atom. The van der Waals surface area contributed by atoms with E-state index in [1.54, 1.807) is 0 Å². The molecule has 3 nitrogen and oxygen atoms in total. The van der Waals surface area contributed by atoms with Crippen LogP contribution >= 0.6 is 11.8 Å². The maximum absolute atomic E-state index is 11.7. The summed E-state index contributed by atoms with van der Waals surface area (Å²) in [6.45, 7) is 8.45. The number of amides is 1. The molecular formula is C17H24N2OS. The van der Waals surface area contributed by atoms with E-state index >= 15 is 0 Å². The molecule has 1 atom stereocenters. The van der Waals surface area contributed by atoms with Crippen LogP contribution in [-0.4, -0.2) is 24.2 Å². The first-order chi connectivity index (χ1) is 10.0. The molecule has 0 radical (unpaired) electrons. The highest BCUT2D eigenvalue weighted by Crippen LogP contribution is 2.23. The van der Waals surface area contributed by atoms with Crippen molar-refractivity contribution >= 4 is 17.7 Å². The summed E-state index contributed by atoms with van der Waals surface area (Å²) in [5, 5.41) is 5.96. The molecule has 114 valence electrons. The quantitative estimate of drug-likeness (QED) is 0.573. The number of rotatable bonds is 8. The van der Waals surface area contributed by atoms with Crippen molar-refractivity contribution in [1.29, 1.82) is 0 Å². The SMILES string of the molecule is C#CCNC(=O)C(C)Sc1ccc(CNCC(C)C)cc1. The van der Waals surface area contributed by atoms with Crippen LogP contribution in [0.1, 0.15) is 26.3 Å². The number of terminal acetylenes is 1. The molecule has 1 aromatic carbocycles. The molecule has 0 saturated heterocycles. The lowest BCUT2D eigenvalue weighted by molar-refractivity contribution is -0.120. The Hall–Kier alpha value is -1.44. The highest BCUT2D eigenvalue weighted by atomic mass is 32.2. The Balaban J connectivity index is 2.43. The van der Waals surface area contributed by atoms with Crippen LogP contribution in [0.4, 0.5) is 0 Å². The summed E-state index contributed by atoms with van der Waals surface area (Å²) in [5.41, 5.74) is 1.25. The van der Waals surface area contributed by atoms with Gasteiger partial charge < -0.3 is 10.6 Å². The summed E-state index contributed by atoms with van der Waals surface area (Å²) in [5.74, 6) is 3.03. The highest BCUT2D eigenvalue weighted by molar-refractivity contribution is 8.00. The van der Waals surface area contributed by atoms with Crippen molar-refractivity contribution in [2.45, 2.75) is 37.5 Å². The van der Waals surface area contributed by atoms with Crippen LogP contribution in [0.2, 0.25) is 0 Å². The molecule has 0 heterocycles. The van der Waals surface area contributed by atoms with Crippen LogP contribution in [0.5, 0.6) is 0 Å². The van der Waals surface area contributed by atoms with Gasteiger partial charge >= 0.3 is 0 Å². The molecule has 0 spiro atoms. The molecule has 21 heavy (non-hydrogen) atoms. The number of carbonyl (C=O) groups is 1.